The molecule has 0 heterocycles. The van der Waals surface area contributed by atoms with Crippen LogP contribution >= 0.6 is 0 Å². The van der Waals surface area contributed by atoms with Crippen LogP contribution in [0.4, 0.5) is 0 Å². The molecule has 7 atom stereocenters. The Bertz CT molecular complexity index is 1210. The van der Waals surface area contributed by atoms with E-state index in [1.807, 2.05) is 18.1 Å². The molecule has 254 valence electrons. The van der Waals surface area contributed by atoms with E-state index in [2.05, 4.69) is 87.2 Å². The second kappa shape index (κ2) is 13.5. The van der Waals surface area contributed by atoms with E-state index >= 15 is 0 Å². The first kappa shape index (κ1) is 36.3. The lowest BCUT2D eigenvalue weighted by Gasteiger charge is -2.61. The van der Waals surface area contributed by atoms with Crippen LogP contribution in [-0.2, 0) is 9.16 Å². The molecule has 4 aliphatic rings. The highest BCUT2D eigenvalue weighted by Gasteiger charge is 2.64. The number of rotatable bonds is 11. The lowest BCUT2D eigenvalue weighted by Crippen LogP contribution is -2.59. The highest BCUT2D eigenvalue weighted by molar-refractivity contribution is 6.83. The molecule has 0 bridgehead atoms. The molecule has 5 nitrogen and oxygen atoms in total. The number of aliphatic hydroxyl groups is 1. The van der Waals surface area contributed by atoms with E-state index in [4.69, 9.17) is 9.16 Å². The van der Waals surface area contributed by atoms with Crippen molar-refractivity contribution in [2.75, 3.05) is 6.61 Å². The van der Waals surface area contributed by atoms with Crippen molar-refractivity contribution in [2.24, 2.45) is 39.9 Å². The molecular formula is C39H67N2O3Si+. The van der Waals surface area contributed by atoms with Gasteiger partial charge in [-0.1, -0.05) is 85.1 Å². The van der Waals surface area contributed by atoms with Gasteiger partial charge in [0.25, 0.3) is 0 Å². The van der Waals surface area contributed by atoms with Gasteiger partial charge < -0.3 is 14.3 Å². The summed E-state index contributed by atoms with van der Waals surface area (Å²) >= 11 is 0. The summed E-state index contributed by atoms with van der Waals surface area (Å²) in [4.78, 5) is 3.69. The van der Waals surface area contributed by atoms with Crippen LogP contribution in [0.5, 0.6) is 0 Å². The zero-order chi connectivity index (χ0) is 33.5. The van der Waals surface area contributed by atoms with Crippen molar-refractivity contribution in [3.8, 4) is 0 Å². The van der Waals surface area contributed by atoms with Gasteiger partial charge >= 0.3 is 19.6 Å². The van der Waals surface area contributed by atoms with Crippen LogP contribution in [0.25, 0.3) is 4.98 Å². The average molecular weight is 640 g/mol. The summed E-state index contributed by atoms with van der Waals surface area (Å²) < 4.78 is 12.9. The summed E-state index contributed by atoms with van der Waals surface area (Å²) in [5, 5.41) is 21.4. The molecule has 0 aromatic rings. The van der Waals surface area contributed by atoms with E-state index in [9.17, 15) is 10.5 Å². The number of fused-ring (bicyclic) bond motifs is 4. The Balaban J connectivity index is 1.63. The van der Waals surface area contributed by atoms with Crippen molar-refractivity contribution < 1.29 is 14.3 Å². The number of hydrogen-bond acceptors (Lipinski definition) is 4. The van der Waals surface area contributed by atoms with E-state index in [0.717, 1.165) is 30.6 Å². The number of aliphatic hydroxyl groups excluding tert-OH is 1. The lowest BCUT2D eigenvalue weighted by atomic mass is 9.46. The van der Waals surface area contributed by atoms with Crippen molar-refractivity contribution in [1.82, 2.24) is 0 Å². The van der Waals surface area contributed by atoms with Gasteiger partial charge in [0.1, 0.15) is 0 Å². The molecule has 1 unspecified atom stereocenters. The molecule has 2 saturated carbocycles. The zero-order valence-electron chi connectivity index (χ0n) is 31.1. The van der Waals surface area contributed by atoms with Crippen LogP contribution in [0.2, 0.25) is 11.1 Å². The summed E-state index contributed by atoms with van der Waals surface area (Å²) in [5.74, 6) is 2.65. The maximum atomic E-state index is 10.9. The quantitative estimate of drug-likeness (QED) is 0.106. The molecule has 0 spiro atoms. The third-order valence-corrected chi connectivity index (χ3v) is 19.0. The predicted octanol–water partition coefficient (Wildman–Crippen LogP) is 12.0. The fourth-order valence-corrected chi connectivity index (χ4v) is 16.1. The SMILES string of the molecule is CCO/C(O)=C(\[N+]#N)[Si](O[C@H]1CC[C@]2(C)C3=C(CCC2C1(C)C)[C@@H]1CC[C@H]([C@H](C)CCC=C(C)C)[C@@]1(C)CC3)(C(C)C)C(C)C. The Kier molecular flexibility index (Phi) is 10.9. The Morgan fingerprint density at radius 1 is 1.00 bits per heavy atom. The summed E-state index contributed by atoms with van der Waals surface area (Å²) in [5.41, 5.74) is 5.94. The molecule has 4 aliphatic carbocycles. The van der Waals surface area contributed by atoms with Gasteiger partial charge in [0.2, 0.25) is 5.39 Å². The molecule has 0 amide bonds. The molecule has 0 saturated heterocycles. The van der Waals surface area contributed by atoms with Gasteiger partial charge in [0, 0.05) is 0 Å². The molecule has 2 fully saturated rings. The molecule has 4 rings (SSSR count). The van der Waals surface area contributed by atoms with Gasteiger partial charge in [-0.3, -0.25) is 0 Å². The number of hydrogen-bond donors (Lipinski definition) is 1. The fraction of sp³-hybridized carbons (Fsp3) is 0.846. The smallest absolute Gasteiger partial charge is 0.435 e. The Labute approximate surface area is 277 Å². The van der Waals surface area contributed by atoms with E-state index in [1.54, 1.807) is 0 Å². The first-order chi connectivity index (χ1) is 21.0. The summed E-state index contributed by atoms with van der Waals surface area (Å²) in [6.45, 7) is 27.9. The summed E-state index contributed by atoms with van der Waals surface area (Å²) in [6, 6.07) is 0. The molecule has 0 aromatic heterocycles. The fourth-order valence-electron chi connectivity index (χ4n) is 11.6. The van der Waals surface area contributed by atoms with Crippen LogP contribution < -0.4 is 0 Å². The third kappa shape index (κ3) is 6.12. The molecular weight excluding hydrogens is 573 g/mol. The highest BCUT2D eigenvalue weighted by atomic mass is 28.4. The molecule has 0 aromatic carbocycles. The minimum absolute atomic E-state index is 0.0340. The summed E-state index contributed by atoms with van der Waals surface area (Å²) in [6.07, 6.45) is 15.0. The molecule has 0 aliphatic heterocycles. The summed E-state index contributed by atoms with van der Waals surface area (Å²) in [7, 11) is -2.96. The Hall–Kier alpha value is -1.58. The van der Waals surface area contributed by atoms with Gasteiger partial charge in [0.05, 0.1) is 12.7 Å². The Morgan fingerprint density at radius 3 is 2.24 bits per heavy atom. The molecule has 1 N–H and O–H groups in total. The van der Waals surface area contributed by atoms with Gasteiger partial charge in [-0.2, -0.15) is 0 Å². The Morgan fingerprint density at radius 2 is 1.67 bits per heavy atom. The standard InChI is InChI=1S/C39H66N2O3Si/c1-13-43-36(42)35(41-40)45(26(4)5,27(6)7)44-34-22-24-39(12)32-21-23-38(11)30(28(8)16-14-15-25(2)3)18-19-31(38)29(32)17-20-33(39)37(34,9)10/h15,26-28,30-31,33-34H,13-14,16-24H2,1-12H3/p+1/b36-35+/t28-,30-,31+,33?,34+,38-,39-/m1/s1. The number of allylic oxidation sites excluding steroid dienone is 4. The highest BCUT2D eigenvalue weighted by Crippen LogP contribution is 2.68. The zero-order valence-corrected chi connectivity index (χ0v) is 32.1. The molecule has 45 heavy (non-hydrogen) atoms. The second-order valence-electron chi connectivity index (χ2n) is 17.3. The maximum absolute atomic E-state index is 10.9. The normalized spacial score (nSPS) is 34.0. The van der Waals surface area contributed by atoms with Crippen molar-refractivity contribution >= 4 is 8.32 Å². The first-order valence-corrected chi connectivity index (χ1v) is 20.5. The van der Waals surface area contributed by atoms with E-state index in [1.165, 1.54) is 56.9 Å². The van der Waals surface area contributed by atoms with Crippen LogP contribution in [0.1, 0.15) is 147 Å². The van der Waals surface area contributed by atoms with Crippen LogP contribution in [-0.4, -0.2) is 26.1 Å². The minimum atomic E-state index is -2.96. The largest absolute Gasteiger partial charge is 0.476 e. The topological polar surface area (TPSA) is 66.8 Å². The third-order valence-electron chi connectivity index (χ3n) is 13.8. The number of diazo groups is 1. The van der Waals surface area contributed by atoms with Crippen LogP contribution in [0, 0.1) is 45.3 Å². The molecule has 0 radical (unpaired) electrons. The van der Waals surface area contributed by atoms with Gasteiger partial charge in [-0.05, 0) is 136 Å². The minimum Gasteiger partial charge on any atom is -0.476 e. The predicted molar refractivity (Wildman–Crippen MR) is 189 cm³/mol. The van der Waals surface area contributed by atoms with Gasteiger partial charge in [-0.25, -0.2) is 0 Å². The van der Waals surface area contributed by atoms with E-state index in [-0.39, 0.29) is 39.3 Å². The van der Waals surface area contributed by atoms with Crippen molar-refractivity contribution in [3.05, 3.63) is 39.0 Å². The number of ether oxygens (including phenoxy) is 1. The second-order valence-corrected chi connectivity index (χ2v) is 22.0. The van der Waals surface area contributed by atoms with Gasteiger partial charge in [-0.15, -0.1) is 0 Å². The van der Waals surface area contributed by atoms with Crippen molar-refractivity contribution in [2.45, 2.75) is 164 Å². The lowest BCUT2D eigenvalue weighted by molar-refractivity contribution is -0.0867. The molecule has 6 heteroatoms. The number of nitrogens with zero attached hydrogens (tertiary/aromatic N) is 2. The van der Waals surface area contributed by atoms with E-state index in [0.29, 0.717) is 17.9 Å². The maximum Gasteiger partial charge on any atom is 0.435 e. The van der Waals surface area contributed by atoms with Crippen LogP contribution in [0.3, 0.4) is 0 Å². The van der Waals surface area contributed by atoms with Crippen molar-refractivity contribution in [3.63, 3.8) is 0 Å². The first-order valence-electron chi connectivity index (χ1n) is 18.5. The average Bonchev–Trinajstić information content (AvgIpc) is 3.31. The monoisotopic (exact) mass is 639 g/mol. The van der Waals surface area contributed by atoms with Gasteiger partial charge in [0.15, 0.2) is 4.98 Å². The van der Waals surface area contributed by atoms with E-state index < -0.39 is 8.32 Å². The van der Waals surface area contributed by atoms with Crippen molar-refractivity contribution in [1.29, 1.82) is 5.39 Å². The van der Waals surface area contributed by atoms with Crippen LogP contribution in [0.15, 0.2) is 34.1 Å².